The Kier molecular flexibility index (Phi) is 2.72. The first-order chi connectivity index (χ1) is 8.79. The predicted octanol–water partition coefficient (Wildman–Crippen LogP) is 2.86. The van der Waals surface area contributed by atoms with Crippen molar-refractivity contribution in [3.8, 4) is 5.95 Å². The molecule has 0 unspecified atom stereocenters. The van der Waals surface area contributed by atoms with Crippen molar-refractivity contribution in [2.75, 3.05) is 0 Å². The van der Waals surface area contributed by atoms with Crippen molar-refractivity contribution in [1.29, 1.82) is 0 Å². The summed E-state index contributed by atoms with van der Waals surface area (Å²) in [6.45, 7) is 1.93. The van der Waals surface area contributed by atoms with E-state index >= 15 is 0 Å². The Morgan fingerprint density at radius 3 is 2.83 bits per heavy atom. The summed E-state index contributed by atoms with van der Waals surface area (Å²) in [4.78, 5) is 8.75. The van der Waals surface area contributed by atoms with Crippen molar-refractivity contribution < 1.29 is 0 Å². The lowest BCUT2D eigenvalue weighted by Crippen LogP contribution is -2.05. The standard InChI is InChI=1S/C13H11ClN4/c1-9-11(6-14)7-15-13(17-9)18-12-5-3-2-4-10(12)8-16-18/h2-5,7-8H,6H2,1H3. The van der Waals surface area contributed by atoms with E-state index in [1.807, 2.05) is 37.4 Å². The van der Waals surface area contributed by atoms with Gasteiger partial charge in [-0.05, 0) is 13.0 Å². The van der Waals surface area contributed by atoms with Gasteiger partial charge in [-0.1, -0.05) is 18.2 Å². The Balaban J connectivity index is 2.17. The maximum atomic E-state index is 5.80. The molecule has 2 heterocycles. The molecule has 3 aromatic rings. The van der Waals surface area contributed by atoms with Gasteiger partial charge in [-0.15, -0.1) is 11.6 Å². The average Bonchev–Trinajstić information content (AvgIpc) is 2.82. The highest BCUT2D eigenvalue weighted by molar-refractivity contribution is 6.17. The van der Waals surface area contributed by atoms with Crippen LogP contribution in [0.3, 0.4) is 0 Å². The van der Waals surface area contributed by atoms with Gasteiger partial charge in [0.1, 0.15) is 0 Å². The van der Waals surface area contributed by atoms with Crippen LogP contribution in [-0.4, -0.2) is 19.7 Å². The molecule has 0 N–H and O–H groups in total. The molecule has 0 fully saturated rings. The van der Waals surface area contributed by atoms with E-state index in [4.69, 9.17) is 11.6 Å². The van der Waals surface area contributed by atoms with Crippen LogP contribution in [0.4, 0.5) is 0 Å². The number of aromatic nitrogens is 4. The second-order valence-electron chi connectivity index (χ2n) is 4.03. The molecule has 18 heavy (non-hydrogen) atoms. The molecule has 5 heteroatoms. The topological polar surface area (TPSA) is 43.6 Å². The number of halogens is 1. The number of alkyl halides is 1. The van der Waals surface area contributed by atoms with Crippen LogP contribution < -0.4 is 0 Å². The summed E-state index contributed by atoms with van der Waals surface area (Å²) in [5.41, 5.74) is 2.82. The van der Waals surface area contributed by atoms with Crippen LogP contribution in [0.1, 0.15) is 11.3 Å². The van der Waals surface area contributed by atoms with Gasteiger partial charge in [-0.25, -0.2) is 9.97 Å². The number of nitrogens with zero attached hydrogens (tertiary/aromatic N) is 4. The number of aryl methyl sites for hydroxylation is 1. The Labute approximate surface area is 109 Å². The van der Waals surface area contributed by atoms with Gasteiger partial charge in [-0.3, -0.25) is 0 Å². The van der Waals surface area contributed by atoms with E-state index < -0.39 is 0 Å². The van der Waals surface area contributed by atoms with E-state index in [0.717, 1.165) is 22.2 Å². The van der Waals surface area contributed by atoms with Gasteiger partial charge in [0.05, 0.1) is 17.6 Å². The minimum absolute atomic E-state index is 0.423. The molecule has 0 atom stereocenters. The van der Waals surface area contributed by atoms with Gasteiger partial charge in [0.15, 0.2) is 0 Å². The summed E-state index contributed by atoms with van der Waals surface area (Å²) in [6, 6.07) is 7.97. The maximum Gasteiger partial charge on any atom is 0.251 e. The average molecular weight is 259 g/mol. The number of rotatable bonds is 2. The number of para-hydroxylation sites is 1. The second-order valence-corrected chi connectivity index (χ2v) is 4.30. The molecular weight excluding hydrogens is 248 g/mol. The molecule has 4 nitrogen and oxygen atoms in total. The van der Waals surface area contributed by atoms with Crippen LogP contribution in [0.2, 0.25) is 0 Å². The molecule has 0 aliphatic heterocycles. The highest BCUT2D eigenvalue weighted by atomic mass is 35.5. The summed E-state index contributed by atoms with van der Waals surface area (Å²) in [6.07, 6.45) is 3.56. The van der Waals surface area contributed by atoms with Gasteiger partial charge < -0.3 is 0 Å². The summed E-state index contributed by atoms with van der Waals surface area (Å²) in [5.74, 6) is 0.994. The van der Waals surface area contributed by atoms with Crippen LogP contribution >= 0.6 is 11.6 Å². The first-order valence-electron chi connectivity index (χ1n) is 5.61. The van der Waals surface area contributed by atoms with Gasteiger partial charge >= 0.3 is 0 Å². The molecule has 0 saturated carbocycles. The fourth-order valence-electron chi connectivity index (χ4n) is 1.84. The SMILES string of the molecule is Cc1nc(-n2ncc3ccccc32)ncc1CCl. The van der Waals surface area contributed by atoms with Gasteiger partial charge in [0.25, 0.3) is 5.95 Å². The third-order valence-corrected chi connectivity index (χ3v) is 3.17. The summed E-state index contributed by atoms with van der Waals surface area (Å²) in [7, 11) is 0. The molecule has 2 aromatic heterocycles. The maximum absolute atomic E-state index is 5.80. The highest BCUT2D eigenvalue weighted by Crippen LogP contribution is 2.16. The molecule has 1 aromatic carbocycles. The number of benzene rings is 1. The first-order valence-corrected chi connectivity index (χ1v) is 6.14. The van der Waals surface area contributed by atoms with E-state index in [-0.39, 0.29) is 0 Å². The van der Waals surface area contributed by atoms with Gasteiger partial charge in [-0.2, -0.15) is 9.78 Å². The third-order valence-electron chi connectivity index (χ3n) is 2.88. The van der Waals surface area contributed by atoms with Crippen LogP contribution in [0.5, 0.6) is 0 Å². The summed E-state index contributed by atoms with van der Waals surface area (Å²) in [5, 5.41) is 5.39. The minimum Gasteiger partial charge on any atom is -0.219 e. The van der Waals surface area contributed by atoms with Gasteiger partial charge in [0, 0.05) is 22.8 Å². The predicted molar refractivity (Wildman–Crippen MR) is 71.0 cm³/mol. The van der Waals surface area contributed by atoms with Crippen molar-refractivity contribution in [2.45, 2.75) is 12.8 Å². The molecule has 3 rings (SSSR count). The summed E-state index contributed by atoms with van der Waals surface area (Å²) < 4.78 is 1.74. The van der Waals surface area contributed by atoms with Crippen LogP contribution in [0.15, 0.2) is 36.7 Å². The van der Waals surface area contributed by atoms with Crippen LogP contribution in [-0.2, 0) is 5.88 Å². The monoisotopic (exact) mass is 258 g/mol. The van der Waals surface area contributed by atoms with Gasteiger partial charge in [0.2, 0.25) is 0 Å². The van der Waals surface area contributed by atoms with Crippen LogP contribution in [0, 0.1) is 6.92 Å². The molecule has 0 radical (unpaired) electrons. The lowest BCUT2D eigenvalue weighted by molar-refractivity contribution is 0.819. The molecule has 0 saturated heterocycles. The first kappa shape index (κ1) is 11.2. The van der Waals surface area contributed by atoms with Crippen molar-refractivity contribution in [3.05, 3.63) is 47.9 Å². The van der Waals surface area contributed by atoms with E-state index in [9.17, 15) is 0 Å². The van der Waals surface area contributed by atoms with Crippen molar-refractivity contribution in [2.24, 2.45) is 0 Å². The van der Waals surface area contributed by atoms with E-state index in [0.29, 0.717) is 11.8 Å². The Bertz CT molecular complexity index is 705. The van der Waals surface area contributed by atoms with Crippen LogP contribution in [0.25, 0.3) is 16.9 Å². The largest absolute Gasteiger partial charge is 0.251 e. The highest BCUT2D eigenvalue weighted by Gasteiger charge is 2.08. The molecule has 90 valence electrons. The molecule has 0 aliphatic rings. The van der Waals surface area contributed by atoms with E-state index in [1.54, 1.807) is 10.9 Å². The Hall–Kier alpha value is -1.94. The number of hydrogen-bond donors (Lipinski definition) is 0. The van der Waals surface area contributed by atoms with E-state index in [1.165, 1.54) is 0 Å². The van der Waals surface area contributed by atoms with Crippen molar-refractivity contribution in [1.82, 2.24) is 19.7 Å². The van der Waals surface area contributed by atoms with Crippen molar-refractivity contribution in [3.63, 3.8) is 0 Å². The summed E-state index contributed by atoms with van der Waals surface area (Å²) >= 11 is 5.80. The minimum atomic E-state index is 0.423. The number of fused-ring (bicyclic) bond motifs is 1. The number of hydrogen-bond acceptors (Lipinski definition) is 3. The lowest BCUT2D eigenvalue weighted by atomic mass is 10.2. The van der Waals surface area contributed by atoms with E-state index in [2.05, 4.69) is 15.1 Å². The normalized spacial score (nSPS) is 11.0. The zero-order valence-electron chi connectivity index (χ0n) is 9.84. The smallest absolute Gasteiger partial charge is 0.219 e. The third kappa shape index (κ3) is 1.75. The Morgan fingerprint density at radius 2 is 2.06 bits per heavy atom. The lowest BCUT2D eigenvalue weighted by Gasteiger charge is -2.05. The zero-order chi connectivity index (χ0) is 12.5. The molecule has 0 amide bonds. The van der Waals surface area contributed by atoms with Crippen molar-refractivity contribution >= 4 is 22.5 Å². The molecule has 0 bridgehead atoms. The Morgan fingerprint density at radius 1 is 1.22 bits per heavy atom. The fourth-order valence-corrected chi connectivity index (χ4v) is 2.11. The second kappa shape index (κ2) is 4.38. The fraction of sp³-hybridized carbons (Fsp3) is 0.154. The quantitative estimate of drug-likeness (QED) is 0.664. The molecular formula is C13H11ClN4. The molecule has 0 aliphatic carbocycles. The molecule has 0 spiro atoms. The zero-order valence-corrected chi connectivity index (χ0v) is 10.6.